The Morgan fingerprint density at radius 3 is 1.97 bits per heavy atom. The maximum atomic E-state index is 14.2. The molecule has 0 saturated heterocycles. The standard InChI is InChI=1S/C29H45FN2O/c1-4-6-8-9-10-11-12-13-14-16-25-17-19-26(20-18-25)29-31-21-27(22-32-29)33-23-28(30)24(3)15-7-5-2/h17-22,24,28H,4-16,23H2,1-3H3. The van der Waals surface area contributed by atoms with Crippen LogP contribution in [0, 0.1) is 5.92 Å². The Bertz CT molecular complexity index is 732. The first-order valence-corrected chi connectivity index (χ1v) is 13.3. The molecular weight excluding hydrogens is 411 g/mol. The van der Waals surface area contributed by atoms with Crippen molar-refractivity contribution in [1.29, 1.82) is 0 Å². The lowest BCUT2D eigenvalue weighted by Crippen LogP contribution is -2.21. The summed E-state index contributed by atoms with van der Waals surface area (Å²) in [4.78, 5) is 8.83. The van der Waals surface area contributed by atoms with E-state index in [1.54, 1.807) is 12.4 Å². The fourth-order valence-corrected chi connectivity index (χ4v) is 4.05. The number of rotatable bonds is 18. The highest BCUT2D eigenvalue weighted by atomic mass is 19.1. The van der Waals surface area contributed by atoms with E-state index in [2.05, 4.69) is 48.1 Å². The molecule has 0 aliphatic carbocycles. The van der Waals surface area contributed by atoms with Gasteiger partial charge in [-0.1, -0.05) is 109 Å². The zero-order valence-corrected chi connectivity index (χ0v) is 21.2. The summed E-state index contributed by atoms with van der Waals surface area (Å²) in [7, 11) is 0. The molecule has 2 atom stereocenters. The van der Waals surface area contributed by atoms with Gasteiger partial charge in [0.1, 0.15) is 12.8 Å². The number of benzene rings is 1. The van der Waals surface area contributed by atoms with Gasteiger partial charge in [0.15, 0.2) is 11.6 Å². The van der Waals surface area contributed by atoms with Crippen molar-refractivity contribution in [3.8, 4) is 17.1 Å². The third kappa shape index (κ3) is 11.1. The minimum Gasteiger partial charge on any atom is -0.487 e. The molecule has 1 heterocycles. The van der Waals surface area contributed by atoms with Crippen LogP contribution in [-0.2, 0) is 6.42 Å². The first kappa shape index (κ1) is 27.3. The highest BCUT2D eigenvalue weighted by Crippen LogP contribution is 2.20. The number of nitrogens with zero attached hydrogens (tertiary/aromatic N) is 2. The van der Waals surface area contributed by atoms with E-state index in [9.17, 15) is 4.39 Å². The molecule has 3 nitrogen and oxygen atoms in total. The minimum atomic E-state index is -0.963. The zero-order chi connectivity index (χ0) is 23.7. The number of alkyl halides is 1. The van der Waals surface area contributed by atoms with Gasteiger partial charge in [-0.25, -0.2) is 14.4 Å². The first-order chi connectivity index (χ1) is 16.1. The summed E-state index contributed by atoms with van der Waals surface area (Å²) in [5, 5.41) is 0. The van der Waals surface area contributed by atoms with Crippen LogP contribution in [0.2, 0.25) is 0 Å². The summed E-state index contributed by atoms with van der Waals surface area (Å²) < 4.78 is 19.8. The van der Waals surface area contributed by atoms with Crippen LogP contribution >= 0.6 is 0 Å². The van der Waals surface area contributed by atoms with Crippen molar-refractivity contribution in [2.75, 3.05) is 6.61 Å². The van der Waals surface area contributed by atoms with Crippen molar-refractivity contribution in [2.24, 2.45) is 5.92 Å². The second-order valence-corrected chi connectivity index (χ2v) is 9.46. The van der Waals surface area contributed by atoms with Crippen LogP contribution in [0.4, 0.5) is 4.39 Å². The molecular formula is C29H45FN2O. The van der Waals surface area contributed by atoms with E-state index >= 15 is 0 Å². The number of aromatic nitrogens is 2. The SMILES string of the molecule is CCCCCCCCCCCc1ccc(-c2ncc(OCC(F)C(C)CCCC)cn2)cc1. The van der Waals surface area contributed by atoms with E-state index in [0.29, 0.717) is 11.6 Å². The van der Waals surface area contributed by atoms with Gasteiger partial charge < -0.3 is 4.74 Å². The van der Waals surface area contributed by atoms with Gasteiger partial charge in [-0.3, -0.25) is 0 Å². The van der Waals surface area contributed by atoms with Gasteiger partial charge in [0.25, 0.3) is 0 Å². The molecule has 1 aromatic carbocycles. The average Bonchev–Trinajstić information content (AvgIpc) is 2.85. The number of ether oxygens (including phenoxy) is 1. The summed E-state index contributed by atoms with van der Waals surface area (Å²) in [5.41, 5.74) is 2.36. The Morgan fingerprint density at radius 2 is 1.36 bits per heavy atom. The maximum absolute atomic E-state index is 14.2. The van der Waals surface area contributed by atoms with Gasteiger partial charge in [-0.05, 0) is 30.7 Å². The average molecular weight is 457 g/mol. The lowest BCUT2D eigenvalue weighted by Gasteiger charge is -2.16. The topological polar surface area (TPSA) is 35.0 Å². The van der Waals surface area contributed by atoms with Crippen LogP contribution < -0.4 is 4.74 Å². The summed E-state index contributed by atoms with van der Waals surface area (Å²) in [6, 6.07) is 8.54. The largest absolute Gasteiger partial charge is 0.487 e. The van der Waals surface area contributed by atoms with E-state index in [1.807, 2.05) is 6.92 Å². The second kappa shape index (κ2) is 16.6. The van der Waals surface area contributed by atoms with Crippen molar-refractivity contribution in [3.05, 3.63) is 42.2 Å². The molecule has 0 aliphatic rings. The van der Waals surface area contributed by atoms with Crippen molar-refractivity contribution in [2.45, 2.75) is 110 Å². The molecule has 0 radical (unpaired) electrons. The van der Waals surface area contributed by atoms with Crippen molar-refractivity contribution >= 4 is 0 Å². The molecule has 0 N–H and O–H groups in total. The van der Waals surface area contributed by atoms with Crippen LogP contribution in [0.15, 0.2) is 36.7 Å². The number of halogens is 1. The second-order valence-electron chi connectivity index (χ2n) is 9.46. The number of hydrogen-bond donors (Lipinski definition) is 0. The fourth-order valence-electron chi connectivity index (χ4n) is 4.05. The predicted molar refractivity (Wildman–Crippen MR) is 137 cm³/mol. The van der Waals surface area contributed by atoms with Gasteiger partial charge >= 0.3 is 0 Å². The van der Waals surface area contributed by atoms with Crippen LogP contribution in [-0.4, -0.2) is 22.7 Å². The third-order valence-electron chi connectivity index (χ3n) is 6.45. The molecule has 1 aromatic heterocycles. The van der Waals surface area contributed by atoms with Crippen molar-refractivity contribution < 1.29 is 9.13 Å². The van der Waals surface area contributed by atoms with E-state index < -0.39 is 6.17 Å². The van der Waals surface area contributed by atoms with Crippen LogP contribution in [0.1, 0.15) is 103 Å². The van der Waals surface area contributed by atoms with E-state index in [4.69, 9.17) is 4.74 Å². The van der Waals surface area contributed by atoms with Gasteiger partial charge in [0, 0.05) is 5.56 Å². The Labute approximate surface area is 201 Å². The Morgan fingerprint density at radius 1 is 0.788 bits per heavy atom. The number of aryl methyl sites for hydroxylation is 1. The van der Waals surface area contributed by atoms with Gasteiger partial charge in [0.05, 0.1) is 12.4 Å². The summed E-state index contributed by atoms with van der Waals surface area (Å²) >= 11 is 0. The van der Waals surface area contributed by atoms with Crippen molar-refractivity contribution in [3.63, 3.8) is 0 Å². The Balaban J connectivity index is 1.68. The zero-order valence-electron chi connectivity index (χ0n) is 21.2. The molecule has 0 saturated carbocycles. The minimum absolute atomic E-state index is 0.0132. The molecule has 2 rings (SSSR count). The Kier molecular flexibility index (Phi) is 13.7. The lowest BCUT2D eigenvalue weighted by molar-refractivity contribution is 0.141. The van der Waals surface area contributed by atoms with E-state index in [1.165, 1.54) is 63.4 Å². The highest BCUT2D eigenvalue weighted by Gasteiger charge is 2.16. The Hall–Kier alpha value is -1.97. The maximum Gasteiger partial charge on any atom is 0.159 e. The quantitative estimate of drug-likeness (QED) is 0.210. The van der Waals surface area contributed by atoms with Crippen LogP contribution in [0.5, 0.6) is 5.75 Å². The van der Waals surface area contributed by atoms with Gasteiger partial charge in [0.2, 0.25) is 0 Å². The molecule has 184 valence electrons. The molecule has 0 amide bonds. The smallest absolute Gasteiger partial charge is 0.159 e. The number of hydrogen-bond acceptors (Lipinski definition) is 3. The fraction of sp³-hybridized carbons (Fsp3) is 0.655. The molecule has 0 fully saturated rings. The molecule has 4 heteroatoms. The number of unbranched alkanes of at least 4 members (excludes halogenated alkanes) is 9. The van der Waals surface area contributed by atoms with Crippen molar-refractivity contribution in [1.82, 2.24) is 9.97 Å². The molecule has 0 spiro atoms. The van der Waals surface area contributed by atoms with Crippen LogP contribution in [0.3, 0.4) is 0 Å². The summed E-state index contributed by atoms with van der Waals surface area (Å²) in [6.45, 7) is 6.40. The summed E-state index contributed by atoms with van der Waals surface area (Å²) in [5.74, 6) is 1.20. The first-order valence-electron chi connectivity index (χ1n) is 13.3. The van der Waals surface area contributed by atoms with E-state index in [-0.39, 0.29) is 12.5 Å². The summed E-state index contributed by atoms with van der Waals surface area (Å²) in [6.07, 6.45) is 18.7. The highest BCUT2D eigenvalue weighted by molar-refractivity contribution is 5.55. The monoisotopic (exact) mass is 456 g/mol. The lowest BCUT2D eigenvalue weighted by atomic mass is 10.00. The van der Waals surface area contributed by atoms with E-state index in [0.717, 1.165) is 31.2 Å². The normalized spacial score (nSPS) is 13.1. The van der Waals surface area contributed by atoms with Gasteiger partial charge in [-0.15, -0.1) is 0 Å². The predicted octanol–water partition coefficient (Wildman–Crippen LogP) is 8.76. The molecule has 33 heavy (non-hydrogen) atoms. The molecule has 2 unspecified atom stereocenters. The molecule has 0 bridgehead atoms. The molecule has 2 aromatic rings. The third-order valence-corrected chi connectivity index (χ3v) is 6.45. The molecule has 0 aliphatic heterocycles. The van der Waals surface area contributed by atoms with Crippen LogP contribution in [0.25, 0.3) is 11.4 Å². The van der Waals surface area contributed by atoms with Gasteiger partial charge in [-0.2, -0.15) is 0 Å².